The first-order chi connectivity index (χ1) is 9.52. The van der Waals surface area contributed by atoms with E-state index < -0.39 is 11.7 Å². The van der Waals surface area contributed by atoms with E-state index in [1.54, 1.807) is 0 Å². The molecule has 2 atom stereocenters. The maximum atomic E-state index is 13.1. The molecule has 7 heteroatoms. The molecule has 1 aliphatic rings. The lowest BCUT2D eigenvalue weighted by Crippen LogP contribution is -2.42. The van der Waals surface area contributed by atoms with Crippen LogP contribution < -0.4 is 11.1 Å². The summed E-state index contributed by atoms with van der Waals surface area (Å²) in [7, 11) is 0. The summed E-state index contributed by atoms with van der Waals surface area (Å²) in [6.45, 7) is 0. The summed E-state index contributed by atoms with van der Waals surface area (Å²) in [4.78, 5) is 12.0. The normalized spacial score (nSPS) is 22.8. The first-order valence-corrected chi connectivity index (χ1v) is 6.29. The van der Waals surface area contributed by atoms with Crippen molar-refractivity contribution in [2.75, 3.05) is 0 Å². The highest BCUT2D eigenvalue weighted by atomic mass is 19.1. The van der Waals surface area contributed by atoms with Gasteiger partial charge in [-0.25, -0.2) is 4.39 Å². The van der Waals surface area contributed by atoms with Gasteiger partial charge in [0.15, 0.2) is 0 Å². The molecule has 1 aliphatic carbocycles. The molecule has 0 saturated heterocycles. The van der Waals surface area contributed by atoms with E-state index >= 15 is 0 Å². The maximum Gasteiger partial charge on any atom is 0.255 e. The van der Waals surface area contributed by atoms with Crippen LogP contribution in [0.25, 0.3) is 0 Å². The molecule has 0 spiro atoms. The number of halogens is 1. The number of aromatic hydroxyl groups is 1. The second kappa shape index (κ2) is 5.77. The zero-order valence-corrected chi connectivity index (χ0v) is 10.7. The van der Waals surface area contributed by atoms with Crippen LogP contribution in [0.1, 0.15) is 29.6 Å². The minimum absolute atomic E-state index is 0.0660. The van der Waals surface area contributed by atoms with E-state index in [-0.39, 0.29) is 29.1 Å². The molecule has 2 rings (SSSR count). The van der Waals surface area contributed by atoms with Gasteiger partial charge in [0.05, 0.1) is 5.56 Å². The van der Waals surface area contributed by atoms with Crippen molar-refractivity contribution in [2.24, 2.45) is 16.8 Å². The number of carbonyl (C=O) groups excluding carboxylic acids is 1. The van der Waals surface area contributed by atoms with Crippen LogP contribution in [0.5, 0.6) is 5.75 Å². The van der Waals surface area contributed by atoms with E-state index in [4.69, 9.17) is 10.9 Å². The van der Waals surface area contributed by atoms with E-state index in [2.05, 4.69) is 10.5 Å². The molecule has 20 heavy (non-hydrogen) atoms. The van der Waals surface area contributed by atoms with Crippen molar-refractivity contribution in [1.29, 1.82) is 0 Å². The first kappa shape index (κ1) is 14.1. The van der Waals surface area contributed by atoms with E-state index in [9.17, 15) is 14.3 Å². The number of amidine groups is 1. The zero-order valence-electron chi connectivity index (χ0n) is 10.7. The van der Waals surface area contributed by atoms with Crippen molar-refractivity contribution >= 4 is 11.7 Å². The van der Waals surface area contributed by atoms with Crippen LogP contribution in [0.2, 0.25) is 0 Å². The number of amides is 1. The molecule has 2 unspecified atom stereocenters. The molecule has 6 nitrogen and oxygen atoms in total. The van der Waals surface area contributed by atoms with Crippen LogP contribution in [0.4, 0.5) is 4.39 Å². The fourth-order valence-corrected chi connectivity index (χ4v) is 2.50. The molecular weight excluding hydrogens is 265 g/mol. The number of carbonyl (C=O) groups is 1. The molecule has 108 valence electrons. The highest BCUT2D eigenvalue weighted by Crippen LogP contribution is 2.27. The smallest absolute Gasteiger partial charge is 0.255 e. The summed E-state index contributed by atoms with van der Waals surface area (Å²) < 4.78 is 13.1. The van der Waals surface area contributed by atoms with Gasteiger partial charge in [-0.05, 0) is 31.0 Å². The predicted octanol–water partition coefficient (Wildman–Crippen LogP) is 1.18. The van der Waals surface area contributed by atoms with Crippen molar-refractivity contribution < 1.29 is 19.5 Å². The Morgan fingerprint density at radius 3 is 2.90 bits per heavy atom. The van der Waals surface area contributed by atoms with Crippen molar-refractivity contribution in [3.05, 3.63) is 29.6 Å². The molecule has 0 heterocycles. The van der Waals surface area contributed by atoms with Crippen LogP contribution in [0.15, 0.2) is 23.4 Å². The van der Waals surface area contributed by atoms with E-state index in [1.807, 2.05) is 0 Å². The molecule has 5 N–H and O–H groups in total. The van der Waals surface area contributed by atoms with Gasteiger partial charge in [0.1, 0.15) is 17.4 Å². The van der Waals surface area contributed by atoms with Gasteiger partial charge in [-0.1, -0.05) is 11.6 Å². The van der Waals surface area contributed by atoms with E-state index in [0.29, 0.717) is 12.8 Å². The molecule has 0 aliphatic heterocycles. The first-order valence-electron chi connectivity index (χ1n) is 6.29. The fraction of sp³-hybridized carbons (Fsp3) is 0.385. The van der Waals surface area contributed by atoms with E-state index in [1.165, 1.54) is 0 Å². The summed E-state index contributed by atoms with van der Waals surface area (Å²) in [6.07, 6.45) is 2.22. The van der Waals surface area contributed by atoms with Crippen LogP contribution in [0.3, 0.4) is 0 Å². The van der Waals surface area contributed by atoms with Gasteiger partial charge in [0, 0.05) is 12.0 Å². The van der Waals surface area contributed by atoms with Crippen molar-refractivity contribution in [1.82, 2.24) is 5.32 Å². The molecule has 1 aromatic rings. The number of phenols is 1. The summed E-state index contributed by atoms with van der Waals surface area (Å²) in [5.41, 5.74) is 5.45. The third kappa shape index (κ3) is 2.81. The van der Waals surface area contributed by atoms with Crippen LogP contribution >= 0.6 is 0 Å². The zero-order chi connectivity index (χ0) is 14.7. The number of nitrogens with zero attached hydrogens (tertiary/aromatic N) is 1. The largest absolute Gasteiger partial charge is 0.507 e. The number of hydrogen-bond acceptors (Lipinski definition) is 4. The highest BCUT2D eigenvalue weighted by Gasteiger charge is 2.32. The standard InChI is InChI=1S/C13H16FN3O3/c14-7-4-5-11(18)9(6-7)13(19)16-10-3-1-2-8(10)12(15)17-20/h4-6,8,10,18,20H,1-3H2,(H2,15,17)(H,16,19). The van der Waals surface area contributed by atoms with Crippen LogP contribution in [-0.4, -0.2) is 28.1 Å². The number of benzene rings is 1. The minimum Gasteiger partial charge on any atom is -0.507 e. The molecule has 0 bridgehead atoms. The second-order valence-electron chi connectivity index (χ2n) is 4.80. The molecule has 1 fully saturated rings. The number of oxime groups is 1. The molecule has 0 aromatic heterocycles. The van der Waals surface area contributed by atoms with Crippen molar-refractivity contribution in [3.8, 4) is 5.75 Å². The van der Waals surface area contributed by atoms with Crippen LogP contribution in [-0.2, 0) is 0 Å². The number of nitrogens with one attached hydrogen (secondary N) is 1. The Balaban J connectivity index is 2.13. The average molecular weight is 281 g/mol. The fourth-order valence-electron chi connectivity index (χ4n) is 2.50. The Labute approximate surface area is 115 Å². The van der Waals surface area contributed by atoms with Gasteiger partial charge in [-0.15, -0.1) is 0 Å². The lowest BCUT2D eigenvalue weighted by atomic mass is 10.0. The lowest BCUT2D eigenvalue weighted by molar-refractivity contribution is 0.0930. The number of rotatable bonds is 3. The van der Waals surface area contributed by atoms with Crippen LogP contribution in [0, 0.1) is 11.7 Å². The lowest BCUT2D eigenvalue weighted by Gasteiger charge is -2.20. The molecule has 1 amide bonds. The van der Waals surface area contributed by atoms with Gasteiger partial charge in [0.2, 0.25) is 0 Å². The Bertz CT molecular complexity index is 548. The summed E-state index contributed by atoms with van der Waals surface area (Å²) in [5, 5.41) is 23.9. The van der Waals surface area contributed by atoms with Gasteiger partial charge in [-0.3, -0.25) is 4.79 Å². The number of nitrogens with two attached hydrogens (primary N) is 1. The van der Waals surface area contributed by atoms with Gasteiger partial charge in [0.25, 0.3) is 5.91 Å². The summed E-state index contributed by atoms with van der Waals surface area (Å²) in [5.74, 6) is -1.66. The van der Waals surface area contributed by atoms with Gasteiger partial charge >= 0.3 is 0 Å². The number of phenolic OH excluding ortho intramolecular Hbond substituents is 1. The van der Waals surface area contributed by atoms with E-state index in [0.717, 1.165) is 24.6 Å². The Morgan fingerprint density at radius 2 is 2.20 bits per heavy atom. The second-order valence-corrected chi connectivity index (χ2v) is 4.80. The third-order valence-electron chi connectivity index (χ3n) is 3.53. The summed E-state index contributed by atoms with van der Waals surface area (Å²) >= 11 is 0. The third-order valence-corrected chi connectivity index (χ3v) is 3.53. The SMILES string of the molecule is N/C(=N/O)C1CCCC1NC(=O)c1cc(F)ccc1O. The summed E-state index contributed by atoms with van der Waals surface area (Å²) in [6, 6.07) is 2.87. The maximum absolute atomic E-state index is 13.1. The average Bonchev–Trinajstić information content (AvgIpc) is 2.88. The highest BCUT2D eigenvalue weighted by molar-refractivity contribution is 5.97. The Kier molecular flexibility index (Phi) is 4.07. The number of hydrogen-bond donors (Lipinski definition) is 4. The van der Waals surface area contributed by atoms with Gasteiger partial charge < -0.3 is 21.4 Å². The minimum atomic E-state index is -0.604. The molecule has 0 radical (unpaired) electrons. The monoisotopic (exact) mass is 281 g/mol. The molecule has 1 aromatic carbocycles. The Morgan fingerprint density at radius 1 is 1.45 bits per heavy atom. The van der Waals surface area contributed by atoms with Crippen molar-refractivity contribution in [3.63, 3.8) is 0 Å². The van der Waals surface area contributed by atoms with Gasteiger partial charge in [-0.2, -0.15) is 0 Å². The Hall–Kier alpha value is -2.31. The van der Waals surface area contributed by atoms with Crippen molar-refractivity contribution in [2.45, 2.75) is 25.3 Å². The predicted molar refractivity (Wildman–Crippen MR) is 70.1 cm³/mol. The molecular formula is C13H16FN3O3. The topological polar surface area (TPSA) is 108 Å². The quantitative estimate of drug-likeness (QED) is 0.289. The molecule has 1 saturated carbocycles.